The molecule has 0 amide bonds. The third kappa shape index (κ3) is 4.99. The zero-order valence-corrected chi connectivity index (χ0v) is 10.1. The van der Waals surface area contributed by atoms with Gasteiger partial charge in [-0.05, 0) is 18.6 Å². The summed E-state index contributed by atoms with van der Waals surface area (Å²) < 4.78 is 9.44. The largest absolute Gasteiger partial charge is 0.494 e. The van der Waals surface area contributed by atoms with Crippen molar-refractivity contribution in [2.45, 2.75) is 19.6 Å². The van der Waals surface area contributed by atoms with Gasteiger partial charge in [-0.2, -0.15) is 0 Å². The fraction of sp³-hybridized carbons (Fsp3) is 0.308. The van der Waals surface area contributed by atoms with Crippen LogP contribution in [0.5, 0.6) is 5.75 Å². The van der Waals surface area contributed by atoms with E-state index in [1.54, 1.807) is 24.3 Å². The molecule has 18 heavy (non-hydrogen) atoms. The minimum atomic E-state index is -1.40. The number of rotatable bonds is 4. The predicted molar refractivity (Wildman–Crippen MR) is 64.6 cm³/mol. The third-order valence-electron chi connectivity index (χ3n) is 2.04. The third-order valence-corrected chi connectivity index (χ3v) is 2.04. The summed E-state index contributed by atoms with van der Waals surface area (Å²) in [5.41, 5.74) is 0.476. The van der Waals surface area contributed by atoms with Crippen molar-refractivity contribution in [2.24, 2.45) is 0 Å². The Bertz CT molecular complexity index is 394. The Morgan fingerprint density at radius 1 is 1.28 bits per heavy atom. The lowest BCUT2D eigenvalue weighted by molar-refractivity contribution is -0.136. The summed E-state index contributed by atoms with van der Waals surface area (Å²) in [6, 6.07) is 6.72. The molecule has 1 aromatic carbocycles. The minimum absolute atomic E-state index is 0.245. The van der Waals surface area contributed by atoms with Crippen molar-refractivity contribution in [3.05, 3.63) is 42.2 Å². The quantitative estimate of drug-likeness (QED) is 0.627. The lowest BCUT2D eigenvalue weighted by Gasteiger charge is -2.06. The van der Waals surface area contributed by atoms with Crippen LogP contribution in [0.25, 0.3) is 0 Å². The van der Waals surface area contributed by atoms with Gasteiger partial charge in [0.2, 0.25) is 0 Å². The average molecular weight is 252 g/mol. The Balaban J connectivity index is 0.000000269. The van der Waals surface area contributed by atoms with Gasteiger partial charge in [-0.3, -0.25) is 0 Å². The van der Waals surface area contributed by atoms with Gasteiger partial charge in [0, 0.05) is 5.56 Å². The van der Waals surface area contributed by atoms with Crippen LogP contribution >= 0.6 is 0 Å². The highest BCUT2D eigenvalue weighted by molar-refractivity contribution is 5.86. The summed E-state index contributed by atoms with van der Waals surface area (Å²) in [6.07, 6.45) is 2.27. The van der Waals surface area contributed by atoms with Gasteiger partial charge >= 0.3 is 5.97 Å². The van der Waals surface area contributed by atoms with Gasteiger partial charge in [0.25, 0.3) is 0 Å². The highest BCUT2D eigenvalue weighted by Crippen LogP contribution is 2.15. The molecule has 1 heterocycles. The van der Waals surface area contributed by atoms with E-state index in [9.17, 15) is 4.79 Å². The van der Waals surface area contributed by atoms with Crippen LogP contribution in [0.3, 0.4) is 0 Å². The van der Waals surface area contributed by atoms with Gasteiger partial charge in [-0.15, -0.1) is 0 Å². The molecule has 0 aromatic heterocycles. The molecule has 0 spiro atoms. The van der Waals surface area contributed by atoms with E-state index in [0.29, 0.717) is 12.2 Å². The normalized spacial score (nSPS) is 12.3. The predicted octanol–water partition coefficient (Wildman–Crippen LogP) is 1.52. The highest BCUT2D eigenvalue weighted by atomic mass is 16.5. The van der Waals surface area contributed by atoms with Crippen LogP contribution in [-0.4, -0.2) is 22.8 Å². The molecule has 5 nitrogen and oxygen atoms in total. The number of aliphatic hydroxyl groups excluding tert-OH is 1. The monoisotopic (exact) mass is 252 g/mol. The molecule has 1 aromatic rings. The van der Waals surface area contributed by atoms with Crippen molar-refractivity contribution in [3.63, 3.8) is 0 Å². The number of ether oxygens (including phenoxy) is 2. The van der Waals surface area contributed by atoms with Crippen molar-refractivity contribution >= 4 is 5.97 Å². The maximum absolute atomic E-state index is 9.59. The smallest absolute Gasteiger partial charge is 0.338 e. The van der Waals surface area contributed by atoms with Crippen LogP contribution < -0.4 is 4.74 Å². The number of carbonyl (C=O) groups excluding carboxylic acids is 1. The SMILES string of the molecule is CCCOc1ccc(C(O)O)cc1.O=C1C=CO1. The Kier molecular flexibility index (Phi) is 5.90. The number of benzene rings is 1. The summed E-state index contributed by atoms with van der Waals surface area (Å²) in [7, 11) is 0. The van der Waals surface area contributed by atoms with Gasteiger partial charge in [0.15, 0.2) is 6.29 Å². The number of esters is 1. The van der Waals surface area contributed by atoms with Crippen molar-refractivity contribution < 1.29 is 24.5 Å². The first-order chi connectivity index (χ1) is 8.63. The van der Waals surface area contributed by atoms with Gasteiger partial charge < -0.3 is 19.7 Å². The number of carbonyl (C=O) groups is 1. The van der Waals surface area contributed by atoms with Crippen LogP contribution in [0, 0.1) is 0 Å². The Morgan fingerprint density at radius 3 is 2.17 bits per heavy atom. The summed E-state index contributed by atoms with van der Waals surface area (Å²) in [5, 5.41) is 17.6. The van der Waals surface area contributed by atoms with E-state index in [0.717, 1.165) is 12.2 Å². The first kappa shape index (κ1) is 14.2. The van der Waals surface area contributed by atoms with E-state index in [2.05, 4.69) is 4.74 Å². The first-order valence-corrected chi connectivity index (χ1v) is 5.59. The van der Waals surface area contributed by atoms with E-state index < -0.39 is 6.29 Å². The molecule has 98 valence electrons. The highest BCUT2D eigenvalue weighted by Gasteiger charge is 2.01. The van der Waals surface area contributed by atoms with E-state index in [1.165, 1.54) is 12.3 Å². The molecule has 0 fully saturated rings. The molecular weight excluding hydrogens is 236 g/mol. The second kappa shape index (κ2) is 7.47. The summed E-state index contributed by atoms with van der Waals surface area (Å²) >= 11 is 0. The summed E-state index contributed by atoms with van der Waals surface area (Å²) in [5.74, 6) is 0.510. The van der Waals surface area contributed by atoms with E-state index in [4.69, 9.17) is 14.9 Å². The molecule has 0 radical (unpaired) electrons. The van der Waals surface area contributed by atoms with Crippen molar-refractivity contribution in [2.75, 3.05) is 6.61 Å². The molecule has 0 saturated carbocycles. The van der Waals surface area contributed by atoms with Gasteiger partial charge in [0.1, 0.15) is 12.0 Å². The lowest BCUT2D eigenvalue weighted by atomic mass is 10.2. The summed E-state index contributed by atoms with van der Waals surface area (Å²) in [4.78, 5) is 9.59. The zero-order chi connectivity index (χ0) is 13.4. The number of cyclic esters (lactones) is 1. The Morgan fingerprint density at radius 2 is 1.83 bits per heavy atom. The Hall–Kier alpha value is -1.85. The van der Waals surface area contributed by atoms with Crippen LogP contribution in [0.2, 0.25) is 0 Å². The van der Waals surface area contributed by atoms with Crippen molar-refractivity contribution in [1.29, 1.82) is 0 Å². The molecule has 0 atom stereocenters. The van der Waals surface area contributed by atoms with Crippen LogP contribution in [0.4, 0.5) is 0 Å². The lowest BCUT2D eigenvalue weighted by Crippen LogP contribution is -2.01. The number of hydrogen-bond donors (Lipinski definition) is 2. The van der Waals surface area contributed by atoms with Gasteiger partial charge in [-0.1, -0.05) is 19.1 Å². The summed E-state index contributed by atoms with van der Waals surface area (Å²) in [6.45, 7) is 2.72. The topological polar surface area (TPSA) is 76.0 Å². The zero-order valence-electron chi connectivity index (χ0n) is 10.1. The van der Waals surface area contributed by atoms with E-state index >= 15 is 0 Å². The van der Waals surface area contributed by atoms with Gasteiger partial charge in [-0.25, -0.2) is 4.79 Å². The maximum atomic E-state index is 9.59. The fourth-order valence-corrected chi connectivity index (χ4v) is 1.08. The standard InChI is InChI=1S/C10H14O3.C3H2O2/c1-2-7-13-9-5-3-8(4-6-9)10(11)12;4-3-1-2-5-3/h3-6,10-12H,2,7H2,1H3;1-2H. The van der Waals surface area contributed by atoms with Crippen LogP contribution in [-0.2, 0) is 9.53 Å². The molecule has 5 heteroatoms. The average Bonchev–Trinajstić information content (AvgIpc) is 2.35. The first-order valence-electron chi connectivity index (χ1n) is 5.59. The molecule has 0 bridgehead atoms. The van der Waals surface area contributed by atoms with E-state index in [-0.39, 0.29) is 5.97 Å². The molecule has 0 unspecified atom stereocenters. The molecule has 0 aliphatic carbocycles. The molecule has 1 aliphatic rings. The molecular formula is C13H16O5. The second-order valence-corrected chi connectivity index (χ2v) is 3.53. The van der Waals surface area contributed by atoms with Gasteiger partial charge in [0.05, 0.1) is 12.7 Å². The number of aliphatic hydroxyl groups is 2. The maximum Gasteiger partial charge on any atom is 0.338 e. The molecule has 0 saturated heterocycles. The van der Waals surface area contributed by atoms with Crippen LogP contribution in [0.1, 0.15) is 25.2 Å². The van der Waals surface area contributed by atoms with Crippen molar-refractivity contribution in [3.8, 4) is 5.75 Å². The Labute approximate surface area is 105 Å². The second-order valence-electron chi connectivity index (χ2n) is 3.53. The van der Waals surface area contributed by atoms with E-state index in [1.807, 2.05) is 6.92 Å². The fourth-order valence-electron chi connectivity index (χ4n) is 1.08. The van der Waals surface area contributed by atoms with Crippen LogP contribution in [0.15, 0.2) is 36.6 Å². The minimum Gasteiger partial charge on any atom is -0.494 e. The number of hydrogen-bond acceptors (Lipinski definition) is 5. The molecule has 2 rings (SSSR count). The van der Waals surface area contributed by atoms with Crippen molar-refractivity contribution in [1.82, 2.24) is 0 Å². The molecule has 2 N–H and O–H groups in total. The molecule has 1 aliphatic heterocycles.